The van der Waals surface area contributed by atoms with Crippen LogP contribution >= 0.6 is 0 Å². The van der Waals surface area contributed by atoms with Crippen molar-refractivity contribution < 1.29 is 0 Å². The van der Waals surface area contributed by atoms with E-state index in [2.05, 4.69) is 36.0 Å². The van der Waals surface area contributed by atoms with Gasteiger partial charge in [0.2, 0.25) is 0 Å². The van der Waals surface area contributed by atoms with Gasteiger partial charge in [0.05, 0.1) is 0 Å². The van der Waals surface area contributed by atoms with Gasteiger partial charge in [-0.05, 0) is 71.1 Å². The number of piperidine rings is 2. The van der Waals surface area contributed by atoms with Crippen molar-refractivity contribution in [3.05, 3.63) is 0 Å². The number of nitrogens with one attached hydrogen (secondary N) is 1. The summed E-state index contributed by atoms with van der Waals surface area (Å²) in [5.74, 6) is 1.79. The highest BCUT2D eigenvalue weighted by Gasteiger charge is 2.22. The summed E-state index contributed by atoms with van der Waals surface area (Å²) in [6, 6.07) is 0.673. The highest BCUT2D eigenvalue weighted by Crippen LogP contribution is 2.18. The van der Waals surface area contributed by atoms with Crippen molar-refractivity contribution in [2.24, 2.45) is 11.8 Å². The minimum Gasteiger partial charge on any atom is -0.313 e. The molecule has 1 N–H and O–H groups in total. The van der Waals surface area contributed by atoms with Gasteiger partial charge in [-0.2, -0.15) is 0 Å². The van der Waals surface area contributed by atoms with Gasteiger partial charge in [0.25, 0.3) is 0 Å². The van der Waals surface area contributed by atoms with E-state index in [9.17, 15) is 0 Å². The van der Waals surface area contributed by atoms with Crippen molar-refractivity contribution in [1.82, 2.24) is 15.1 Å². The zero-order valence-corrected chi connectivity index (χ0v) is 13.2. The lowest BCUT2D eigenvalue weighted by Crippen LogP contribution is -2.45. The minimum absolute atomic E-state index is 0.673. The molecular formula is C16H33N3. The quantitative estimate of drug-likeness (QED) is 0.822. The summed E-state index contributed by atoms with van der Waals surface area (Å²) < 4.78 is 0. The van der Waals surface area contributed by atoms with E-state index in [0.29, 0.717) is 6.04 Å². The van der Waals surface area contributed by atoms with Crippen LogP contribution in [0.2, 0.25) is 0 Å². The Morgan fingerprint density at radius 3 is 2.58 bits per heavy atom. The van der Waals surface area contributed by atoms with Crippen LogP contribution in [0.3, 0.4) is 0 Å². The summed E-state index contributed by atoms with van der Waals surface area (Å²) in [7, 11) is 2.26. The predicted octanol–water partition coefficient (Wildman–Crippen LogP) is 2.04. The van der Waals surface area contributed by atoms with Crippen LogP contribution in [-0.4, -0.2) is 62.2 Å². The minimum atomic E-state index is 0.673. The molecule has 0 amide bonds. The van der Waals surface area contributed by atoms with Crippen molar-refractivity contribution in [2.75, 3.05) is 46.3 Å². The first-order valence-corrected chi connectivity index (χ1v) is 8.29. The molecule has 0 radical (unpaired) electrons. The smallest absolute Gasteiger partial charge is 0.0107 e. The topological polar surface area (TPSA) is 18.5 Å². The Kier molecular flexibility index (Phi) is 6.11. The molecule has 0 aromatic rings. The van der Waals surface area contributed by atoms with Gasteiger partial charge in [0.15, 0.2) is 0 Å². The highest BCUT2D eigenvalue weighted by atomic mass is 15.1. The zero-order valence-electron chi connectivity index (χ0n) is 13.2. The average Bonchev–Trinajstić information content (AvgIpc) is 2.41. The second-order valence-corrected chi connectivity index (χ2v) is 6.93. The predicted molar refractivity (Wildman–Crippen MR) is 82.5 cm³/mol. The van der Waals surface area contributed by atoms with Crippen molar-refractivity contribution in [1.29, 1.82) is 0 Å². The molecule has 2 atom stereocenters. The molecule has 0 aliphatic carbocycles. The lowest BCUT2D eigenvalue weighted by Gasteiger charge is -2.35. The first kappa shape index (κ1) is 15.3. The number of likely N-dealkylation sites (tertiary alicyclic amines) is 2. The molecule has 19 heavy (non-hydrogen) atoms. The van der Waals surface area contributed by atoms with Crippen LogP contribution in [-0.2, 0) is 0 Å². The van der Waals surface area contributed by atoms with Gasteiger partial charge in [-0.15, -0.1) is 0 Å². The number of nitrogens with zero attached hydrogens (tertiary/aromatic N) is 2. The van der Waals surface area contributed by atoms with Crippen LogP contribution in [0.1, 0.15) is 39.5 Å². The first-order valence-electron chi connectivity index (χ1n) is 8.29. The molecule has 2 rings (SSSR count). The summed E-state index contributed by atoms with van der Waals surface area (Å²) in [6.07, 6.45) is 5.56. The number of hydrogen-bond donors (Lipinski definition) is 1. The second-order valence-electron chi connectivity index (χ2n) is 6.93. The Balaban J connectivity index is 1.59. The number of hydrogen-bond acceptors (Lipinski definition) is 3. The van der Waals surface area contributed by atoms with Gasteiger partial charge in [0, 0.05) is 25.7 Å². The van der Waals surface area contributed by atoms with E-state index in [1.807, 2.05) is 0 Å². The second kappa shape index (κ2) is 7.61. The van der Waals surface area contributed by atoms with Crippen molar-refractivity contribution in [3.8, 4) is 0 Å². The number of rotatable bonds is 5. The van der Waals surface area contributed by atoms with Gasteiger partial charge in [0.1, 0.15) is 0 Å². The molecule has 0 aromatic heterocycles. The lowest BCUT2D eigenvalue weighted by molar-refractivity contribution is 0.166. The molecule has 2 aliphatic rings. The van der Waals surface area contributed by atoms with E-state index in [4.69, 9.17) is 0 Å². The fourth-order valence-corrected chi connectivity index (χ4v) is 3.52. The van der Waals surface area contributed by atoms with E-state index in [-0.39, 0.29) is 0 Å². The van der Waals surface area contributed by atoms with Gasteiger partial charge in [-0.3, -0.25) is 0 Å². The summed E-state index contributed by atoms with van der Waals surface area (Å²) >= 11 is 0. The summed E-state index contributed by atoms with van der Waals surface area (Å²) in [5.41, 5.74) is 0. The van der Waals surface area contributed by atoms with E-state index in [1.54, 1.807) is 0 Å². The van der Waals surface area contributed by atoms with Crippen molar-refractivity contribution >= 4 is 0 Å². The van der Waals surface area contributed by atoms with Gasteiger partial charge in [-0.1, -0.05) is 6.92 Å². The molecule has 2 heterocycles. The van der Waals surface area contributed by atoms with Crippen LogP contribution in [0.15, 0.2) is 0 Å². The molecule has 0 saturated carbocycles. The highest BCUT2D eigenvalue weighted by molar-refractivity contribution is 4.79. The average molecular weight is 267 g/mol. The maximum absolute atomic E-state index is 3.76. The first-order chi connectivity index (χ1) is 9.15. The Morgan fingerprint density at radius 1 is 1.16 bits per heavy atom. The van der Waals surface area contributed by atoms with Crippen LogP contribution in [0, 0.1) is 11.8 Å². The third kappa shape index (κ3) is 5.05. The monoisotopic (exact) mass is 267 g/mol. The Labute approximate surface area is 119 Å². The fraction of sp³-hybridized carbons (Fsp3) is 1.00. The van der Waals surface area contributed by atoms with E-state index in [1.165, 1.54) is 58.4 Å². The third-order valence-corrected chi connectivity index (χ3v) is 5.14. The molecule has 0 bridgehead atoms. The van der Waals surface area contributed by atoms with Gasteiger partial charge < -0.3 is 15.1 Å². The molecular weight excluding hydrogens is 234 g/mol. The fourth-order valence-electron chi connectivity index (χ4n) is 3.52. The van der Waals surface area contributed by atoms with Crippen molar-refractivity contribution in [2.45, 2.75) is 45.6 Å². The molecule has 112 valence electrons. The standard InChI is InChI=1S/C16H33N3/c1-14-6-10-19(11-7-14)12-8-17-15(2)16-5-4-9-18(3)13-16/h14-17H,4-13H2,1-3H3. The molecule has 3 nitrogen and oxygen atoms in total. The normalized spacial score (nSPS) is 29.5. The molecule has 2 fully saturated rings. The van der Waals surface area contributed by atoms with Gasteiger partial charge in [-0.25, -0.2) is 0 Å². The Hall–Kier alpha value is -0.120. The van der Waals surface area contributed by atoms with Crippen LogP contribution < -0.4 is 5.32 Å². The molecule has 2 saturated heterocycles. The molecule has 2 unspecified atom stereocenters. The zero-order chi connectivity index (χ0) is 13.7. The van der Waals surface area contributed by atoms with E-state index >= 15 is 0 Å². The largest absolute Gasteiger partial charge is 0.313 e. The van der Waals surface area contributed by atoms with E-state index in [0.717, 1.165) is 18.4 Å². The van der Waals surface area contributed by atoms with Gasteiger partial charge >= 0.3 is 0 Å². The van der Waals surface area contributed by atoms with Crippen LogP contribution in [0.4, 0.5) is 0 Å². The maximum Gasteiger partial charge on any atom is 0.0107 e. The summed E-state index contributed by atoms with van der Waals surface area (Å²) in [4.78, 5) is 5.12. The van der Waals surface area contributed by atoms with Crippen LogP contribution in [0.25, 0.3) is 0 Å². The Bertz CT molecular complexity index is 248. The van der Waals surface area contributed by atoms with E-state index < -0.39 is 0 Å². The molecule has 2 aliphatic heterocycles. The third-order valence-electron chi connectivity index (χ3n) is 5.14. The molecule has 3 heteroatoms. The van der Waals surface area contributed by atoms with Crippen LogP contribution in [0.5, 0.6) is 0 Å². The maximum atomic E-state index is 3.76. The molecule has 0 aromatic carbocycles. The lowest BCUT2D eigenvalue weighted by atomic mass is 9.92. The Morgan fingerprint density at radius 2 is 1.89 bits per heavy atom. The SMILES string of the molecule is CC1CCN(CCNC(C)C2CCCN(C)C2)CC1. The van der Waals surface area contributed by atoms with Crippen molar-refractivity contribution in [3.63, 3.8) is 0 Å². The summed E-state index contributed by atoms with van der Waals surface area (Å²) in [5, 5.41) is 3.76. The summed E-state index contributed by atoms with van der Waals surface area (Å²) in [6.45, 7) is 12.3. The molecule has 0 spiro atoms.